The lowest BCUT2D eigenvalue weighted by Crippen LogP contribution is -2.44. The van der Waals surface area contributed by atoms with Crippen molar-refractivity contribution in [2.24, 2.45) is 5.92 Å². The molecule has 1 amide bonds. The van der Waals surface area contributed by atoms with Crippen LogP contribution in [0.3, 0.4) is 0 Å². The van der Waals surface area contributed by atoms with Crippen molar-refractivity contribution in [1.29, 1.82) is 0 Å². The molecule has 1 aromatic rings. The van der Waals surface area contributed by atoms with Crippen molar-refractivity contribution in [2.45, 2.75) is 63.5 Å². The van der Waals surface area contributed by atoms with Gasteiger partial charge in [-0.2, -0.15) is 0 Å². The third-order valence-electron chi connectivity index (χ3n) is 3.76. The number of carbonyl (C=O) groups is 2. The van der Waals surface area contributed by atoms with Crippen molar-refractivity contribution in [3.63, 3.8) is 0 Å². The first kappa shape index (κ1) is 22.5. The highest BCUT2D eigenvalue weighted by atomic mass is 32.1. The van der Waals surface area contributed by atoms with Gasteiger partial charge in [-0.15, -0.1) is 12.6 Å². The van der Waals surface area contributed by atoms with E-state index in [2.05, 4.69) is 23.3 Å². The molecule has 0 saturated carbocycles. The Bertz CT molecular complexity index is 566. The van der Waals surface area contributed by atoms with E-state index in [1.807, 2.05) is 52.0 Å². The molecule has 6 heteroatoms. The zero-order chi connectivity index (χ0) is 19.6. The standard InChI is InChI=1S/C10H20N2O2.C10H12OS/c1-10(2,3)14-9(13)12-8-4-6-11-7-5-8;1-8(7-11)5-9-3-2-4-10(12)6-9/h8,11H,4-7H2,1-3H3,(H,12,13);2-4,6-8,12H,5H2,1H3. The van der Waals surface area contributed by atoms with Crippen molar-refractivity contribution in [3.05, 3.63) is 29.8 Å². The Morgan fingerprint density at radius 1 is 1.38 bits per heavy atom. The molecule has 1 heterocycles. The van der Waals surface area contributed by atoms with Gasteiger partial charge in [-0.05, 0) is 70.8 Å². The van der Waals surface area contributed by atoms with Crippen LogP contribution in [0.5, 0.6) is 0 Å². The lowest BCUT2D eigenvalue weighted by Gasteiger charge is -2.26. The van der Waals surface area contributed by atoms with Crippen LogP contribution in [0.1, 0.15) is 46.1 Å². The van der Waals surface area contributed by atoms with E-state index >= 15 is 0 Å². The first-order valence-electron chi connectivity index (χ1n) is 9.13. The second kappa shape index (κ2) is 11.2. The van der Waals surface area contributed by atoms with Gasteiger partial charge in [-0.1, -0.05) is 19.1 Å². The van der Waals surface area contributed by atoms with Crippen molar-refractivity contribution in [1.82, 2.24) is 10.6 Å². The van der Waals surface area contributed by atoms with Gasteiger partial charge in [0.1, 0.15) is 11.9 Å². The number of nitrogens with one attached hydrogen (secondary N) is 2. The Morgan fingerprint density at radius 3 is 2.58 bits per heavy atom. The van der Waals surface area contributed by atoms with E-state index in [0.29, 0.717) is 0 Å². The van der Waals surface area contributed by atoms with Crippen LogP contribution in [0.15, 0.2) is 29.2 Å². The number of hydrogen-bond donors (Lipinski definition) is 3. The van der Waals surface area contributed by atoms with Crippen LogP contribution >= 0.6 is 12.6 Å². The van der Waals surface area contributed by atoms with Crippen LogP contribution < -0.4 is 10.6 Å². The average molecular weight is 381 g/mol. The molecule has 1 aromatic carbocycles. The lowest BCUT2D eigenvalue weighted by atomic mass is 10.0. The molecule has 146 valence electrons. The maximum Gasteiger partial charge on any atom is 0.407 e. The van der Waals surface area contributed by atoms with E-state index < -0.39 is 5.60 Å². The quantitative estimate of drug-likeness (QED) is 0.551. The summed E-state index contributed by atoms with van der Waals surface area (Å²) in [6.07, 6.45) is 3.45. The highest BCUT2D eigenvalue weighted by Crippen LogP contribution is 2.12. The normalized spacial score (nSPS) is 16.0. The highest BCUT2D eigenvalue weighted by Gasteiger charge is 2.20. The number of aldehydes is 1. The molecule has 1 saturated heterocycles. The van der Waals surface area contributed by atoms with E-state index in [0.717, 1.165) is 43.5 Å². The summed E-state index contributed by atoms with van der Waals surface area (Å²) >= 11 is 4.22. The Labute approximate surface area is 162 Å². The maximum absolute atomic E-state index is 11.4. The molecule has 1 aliphatic rings. The second-order valence-corrected chi connectivity index (χ2v) is 8.17. The summed E-state index contributed by atoms with van der Waals surface area (Å²) in [7, 11) is 0. The summed E-state index contributed by atoms with van der Waals surface area (Å²) in [4.78, 5) is 22.7. The topological polar surface area (TPSA) is 67.4 Å². The largest absolute Gasteiger partial charge is 0.444 e. The summed E-state index contributed by atoms with van der Waals surface area (Å²) in [5.41, 5.74) is 0.763. The fraction of sp³-hybridized carbons (Fsp3) is 0.600. The van der Waals surface area contributed by atoms with E-state index in [1.54, 1.807) is 0 Å². The van der Waals surface area contributed by atoms with Crippen LogP contribution in [0, 0.1) is 5.92 Å². The first-order valence-corrected chi connectivity index (χ1v) is 9.58. The van der Waals surface area contributed by atoms with Gasteiger partial charge in [-0.3, -0.25) is 0 Å². The van der Waals surface area contributed by atoms with Gasteiger partial charge in [-0.25, -0.2) is 4.79 Å². The number of ether oxygens (including phenoxy) is 1. The zero-order valence-corrected chi connectivity index (χ0v) is 17.1. The molecule has 0 aliphatic carbocycles. The van der Waals surface area contributed by atoms with Gasteiger partial charge in [0.25, 0.3) is 0 Å². The molecule has 2 rings (SSSR count). The minimum absolute atomic E-state index is 0.0973. The lowest BCUT2D eigenvalue weighted by molar-refractivity contribution is -0.110. The molecular weight excluding hydrogens is 348 g/mol. The van der Waals surface area contributed by atoms with Crippen LogP contribution in [-0.4, -0.2) is 37.1 Å². The smallest absolute Gasteiger partial charge is 0.407 e. The second-order valence-electron chi connectivity index (χ2n) is 7.66. The molecule has 1 atom stereocenters. The van der Waals surface area contributed by atoms with Gasteiger partial charge in [0.2, 0.25) is 0 Å². The van der Waals surface area contributed by atoms with E-state index in [-0.39, 0.29) is 18.1 Å². The number of piperidine rings is 1. The summed E-state index contributed by atoms with van der Waals surface area (Å²) in [6, 6.07) is 8.15. The molecule has 0 aromatic heterocycles. The van der Waals surface area contributed by atoms with Crippen LogP contribution in [0.2, 0.25) is 0 Å². The van der Waals surface area contributed by atoms with Gasteiger partial charge in [0, 0.05) is 16.9 Å². The van der Waals surface area contributed by atoms with E-state index in [4.69, 9.17) is 4.74 Å². The number of hydrogen-bond acceptors (Lipinski definition) is 5. The molecule has 26 heavy (non-hydrogen) atoms. The highest BCUT2D eigenvalue weighted by molar-refractivity contribution is 7.80. The van der Waals surface area contributed by atoms with E-state index in [9.17, 15) is 9.59 Å². The minimum atomic E-state index is -0.406. The Balaban J connectivity index is 0.000000263. The number of amides is 1. The Hall–Kier alpha value is -1.53. The molecular formula is C20H32N2O3S. The molecule has 0 spiro atoms. The molecule has 1 aliphatic heterocycles. The van der Waals surface area contributed by atoms with Crippen molar-refractivity contribution < 1.29 is 14.3 Å². The number of benzene rings is 1. The van der Waals surface area contributed by atoms with Crippen LogP contribution in [0.4, 0.5) is 4.79 Å². The van der Waals surface area contributed by atoms with Crippen LogP contribution in [0.25, 0.3) is 0 Å². The van der Waals surface area contributed by atoms with Crippen molar-refractivity contribution >= 4 is 25.0 Å². The van der Waals surface area contributed by atoms with Crippen molar-refractivity contribution in [3.8, 4) is 0 Å². The monoisotopic (exact) mass is 380 g/mol. The predicted octanol–water partition coefficient (Wildman–Crippen LogP) is 3.62. The summed E-state index contributed by atoms with van der Waals surface area (Å²) in [5, 5.41) is 6.12. The first-order chi connectivity index (χ1) is 12.2. The van der Waals surface area contributed by atoms with E-state index in [1.165, 1.54) is 5.56 Å². The number of rotatable bonds is 4. The summed E-state index contributed by atoms with van der Waals surface area (Å²) < 4.78 is 5.17. The molecule has 0 bridgehead atoms. The van der Waals surface area contributed by atoms with Gasteiger partial charge < -0.3 is 20.2 Å². The predicted molar refractivity (Wildman–Crippen MR) is 108 cm³/mol. The Kier molecular flexibility index (Phi) is 9.73. The minimum Gasteiger partial charge on any atom is -0.444 e. The molecule has 1 fully saturated rings. The van der Waals surface area contributed by atoms with Gasteiger partial charge >= 0.3 is 6.09 Å². The molecule has 5 nitrogen and oxygen atoms in total. The molecule has 1 unspecified atom stereocenters. The third kappa shape index (κ3) is 10.5. The maximum atomic E-state index is 11.4. The fourth-order valence-corrected chi connectivity index (χ4v) is 2.80. The average Bonchev–Trinajstić information content (AvgIpc) is 2.54. The molecule has 2 N–H and O–H groups in total. The number of thiol groups is 1. The zero-order valence-electron chi connectivity index (χ0n) is 16.2. The third-order valence-corrected chi connectivity index (χ3v) is 4.04. The van der Waals surface area contributed by atoms with Gasteiger partial charge in [0.15, 0.2) is 0 Å². The Morgan fingerprint density at radius 2 is 2.04 bits per heavy atom. The van der Waals surface area contributed by atoms with Crippen LogP contribution in [-0.2, 0) is 16.0 Å². The number of carbonyl (C=O) groups excluding carboxylic acids is 2. The van der Waals surface area contributed by atoms with Gasteiger partial charge in [0.05, 0.1) is 0 Å². The SMILES string of the molecule is CC(C)(C)OC(=O)NC1CCNCC1.CC(C=O)Cc1cccc(S)c1. The fourth-order valence-electron chi connectivity index (χ4n) is 2.54. The van der Waals surface area contributed by atoms with Crippen molar-refractivity contribution in [2.75, 3.05) is 13.1 Å². The molecule has 0 radical (unpaired) electrons. The number of alkyl carbamates (subject to hydrolysis) is 1. The summed E-state index contributed by atoms with van der Waals surface area (Å²) in [5.74, 6) is 0.0973. The summed E-state index contributed by atoms with van der Waals surface area (Å²) in [6.45, 7) is 9.47.